The summed E-state index contributed by atoms with van der Waals surface area (Å²) in [6, 6.07) is 15.3. The van der Waals surface area contributed by atoms with Crippen molar-refractivity contribution in [3.05, 3.63) is 81.7 Å². The Labute approximate surface area is 189 Å². The third kappa shape index (κ3) is 4.64. The van der Waals surface area contributed by atoms with Gasteiger partial charge in [-0.25, -0.2) is 9.48 Å². The predicted octanol–water partition coefficient (Wildman–Crippen LogP) is 4.86. The Bertz CT molecular complexity index is 1090. The molecule has 0 fully saturated rings. The van der Waals surface area contributed by atoms with Crippen LogP contribution in [-0.2, 0) is 16.1 Å². The first kappa shape index (κ1) is 21.1. The first-order valence-corrected chi connectivity index (χ1v) is 10.9. The molecule has 0 bridgehead atoms. The van der Waals surface area contributed by atoms with Gasteiger partial charge in [0.15, 0.2) is 0 Å². The van der Waals surface area contributed by atoms with Crippen LogP contribution in [0.1, 0.15) is 37.4 Å². The summed E-state index contributed by atoms with van der Waals surface area (Å²) in [5.41, 5.74) is 3.21. The van der Waals surface area contributed by atoms with Crippen molar-refractivity contribution in [3.63, 3.8) is 0 Å². The van der Waals surface area contributed by atoms with Gasteiger partial charge in [0.25, 0.3) is 0 Å². The monoisotopic (exact) mass is 482 g/mol. The minimum Gasteiger partial charge on any atom is -0.489 e. The number of anilines is 1. The van der Waals surface area contributed by atoms with E-state index in [1.165, 1.54) is 6.33 Å². The average molecular weight is 483 g/mol. The number of hydrogen-bond acceptors (Lipinski definition) is 6. The van der Waals surface area contributed by atoms with Crippen molar-refractivity contribution in [2.75, 3.05) is 11.9 Å². The number of hydrogen-bond donors (Lipinski definition) is 1. The number of rotatable bonds is 7. The van der Waals surface area contributed by atoms with Crippen molar-refractivity contribution in [3.8, 4) is 5.75 Å². The number of nitrogens with zero attached hydrogens (tertiary/aromatic N) is 3. The molecular formula is C23H23BrN4O3. The molecule has 3 aromatic rings. The molecule has 2 heterocycles. The van der Waals surface area contributed by atoms with E-state index in [2.05, 4.69) is 31.3 Å². The van der Waals surface area contributed by atoms with Crippen LogP contribution in [0.2, 0.25) is 0 Å². The van der Waals surface area contributed by atoms with Crippen molar-refractivity contribution >= 4 is 27.8 Å². The fourth-order valence-electron chi connectivity index (χ4n) is 3.43. The number of fused-ring (bicyclic) bond motifs is 1. The van der Waals surface area contributed by atoms with Gasteiger partial charge in [-0.3, -0.25) is 0 Å². The normalized spacial score (nSPS) is 15.3. The molecule has 0 aliphatic carbocycles. The molecule has 1 atom stereocenters. The number of benzene rings is 2. The molecule has 0 saturated heterocycles. The van der Waals surface area contributed by atoms with Gasteiger partial charge in [-0.05, 0) is 48.7 Å². The largest absolute Gasteiger partial charge is 0.489 e. The van der Waals surface area contributed by atoms with E-state index in [1.54, 1.807) is 4.68 Å². The summed E-state index contributed by atoms with van der Waals surface area (Å²) in [6.07, 6.45) is 2.23. The van der Waals surface area contributed by atoms with Gasteiger partial charge in [0, 0.05) is 10.2 Å². The zero-order valence-electron chi connectivity index (χ0n) is 17.3. The summed E-state index contributed by atoms with van der Waals surface area (Å²) in [5.74, 6) is 0.980. The summed E-state index contributed by atoms with van der Waals surface area (Å²) in [7, 11) is 0. The zero-order chi connectivity index (χ0) is 21.8. The molecule has 8 heteroatoms. The maximum atomic E-state index is 12.8. The fraction of sp³-hybridized carbons (Fsp3) is 0.261. The van der Waals surface area contributed by atoms with E-state index in [9.17, 15) is 4.79 Å². The Morgan fingerprint density at radius 1 is 1.16 bits per heavy atom. The number of carbonyl (C=O) groups excluding carboxylic acids is 1. The van der Waals surface area contributed by atoms with Gasteiger partial charge < -0.3 is 14.8 Å². The smallest absolute Gasteiger partial charge is 0.338 e. The van der Waals surface area contributed by atoms with Crippen molar-refractivity contribution in [2.24, 2.45) is 0 Å². The maximum absolute atomic E-state index is 12.8. The molecule has 0 spiro atoms. The first-order chi connectivity index (χ1) is 15.1. The fourth-order valence-corrected chi connectivity index (χ4v) is 3.69. The van der Waals surface area contributed by atoms with Crippen LogP contribution in [0.3, 0.4) is 0 Å². The van der Waals surface area contributed by atoms with Crippen LogP contribution in [0.5, 0.6) is 5.75 Å². The molecule has 1 N–H and O–H groups in total. The third-order valence-corrected chi connectivity index (χ3v) is 5.49. The minimum atomic E-state index is -0.427. The zero-order valence-corrected chi connectivity index (χ0v) is 18.9. The van der Waals surface area contributed by atoms with E-state index in [1.807, 2.05) is 62.4 Å². The van der Waals surface area contributed by atoms with Gasteiger partial charge >= 0.3 is 5.97 Å². The van der Waals surface area contributed by atoms with Crippen LogP contribution in [0.15, 0.2) is 70.6 Å². The standard InChI is InChI=1S/C23H23BrN4O3/c1-3-12-30-22(29)20-15(2)27-23-25-14-26-28(23)21(20)17-6-10-19(11-7-17)31-13-16-4-8-18(24)9-5-16/h4-11,14,21H,3,12-13H2,1-2H3,(H,25,26,27). The van der Waals surface area contributed by atoms with Crippen molar-refractivity contribution in [1.82, 2.24) is 14.8 Å². The van der Waals surface area contributed by atoms with Gasteiger partial charge in [0.2, 0.25) is 5.95 Å². The van der Waals surface area contributed by atoms with Gasteiger partial charge in [-0.1, -0.05) is 47.1 Å². The third-order valence-electron chi connectivity index (χ3n) is 4.97. The van der Waals surface area contributed by atoms with Gasteiger partial charge in [0.05, 0.1) is 12.2 Å². The first-order valence-electron chi connectivity index (χ1n) is 10.1. The van der Waals surface area contributed by atoms with Crippen molar-refractivity contribution < 1.29 is 14.3 Å². The molecule has 1 unspecified atom stereocenters. The molecule has 7 nitrogen and oxygen atoms in total. The second kappa shape index (κ2) is 9.34. The van der Waals surface area contributed by atoms with Crippen LogP contribution in [0.25, 0.3) is 0 Å². The lowest BCUT2D eigenvalue weighted by atomic mass is 9.96. The lowest BCUT2D eigenvalue weighted by Crippen LogP contribution is -2.29. The molecular weight excluding hydrogens is 460 g/mol. The van der Waals surface area contributed by atoms with E-state index in [0.29, 0.717) is 30.4 Å². The van der Waals surface area contributed by atoms with Gasteiger partial charge in [-0.15, -0.1) is 0 Å². The van der Waals surface area contributed by atoms with Crippen LogP contribution in [0.4, 0.5) is 5.95 Å². The van der Waals surface area contributed by atoms with Gasteiger partial charge in [-0.2, -0.15) is 10.1 Å². The van der Waals surface area contributed by atoms with Crippen LogP contribution < -0.4 is 10.1 Å². The van der Waals surface area contributed by atoms with E-state index in [4.69, 9.17) is 9.47 Å². The highest BCUT2D eigenvalue weighted by molar-refractivity contribution is 9.10. The van der Waals surface area contributed by atoms with Gasteiger partial charge in [0.1, 0.15) is 24.7 Å². The highest BCUT2D eigenvalue weighted by Crippen LogP contribution is 2.35. The highest BCUT2D eigenvalue weighted by atomic mass is 79.9. The second-order valence-electron chi connectivity index (χ2n) is 7.21. The van der Waals surface area contributed by atoms with Crippen LogP contribution in [0, 0.1) is 0 Å². The molecule has 160 valence electrons. The SMILES string of the molecule is CCCOC(=O)C1=C(C)Nc2ncnn2C1c1ccc(OCc2ccc(Br)cc2)cc1. The number of aromatic nitrogens is 3. The number of allylic oxidation sites excluding steroid dienone is 1. The Balaban J connectivity index is 1.57. The second-order valence-corrected chi connectivity index (χ2v) is 8.13. The van der Waals surface area contributed by atoms with E-state index >= 15 is 0 Å². The van der Waals surface area contributed by atoms with E-state index in [-0.39, 0.29) is 5.97 Å². The van der Waals surface area contributed by atoms with Crippen molar-refractivity contribution in [1.29, 1.82) is 0 Å². The van der Waals surface area contributed by atoms with Crippen LogP contribution >= 0.6 is 15.9 Å². The Kier molecular flexibility index (Phi) is 6.36. The Hall–Kier alpha value is -3.13. The molecule has 0 amide bonds. The van der Waals surface area contributed by atoms with Crippen molar-refractivity contribution in [2.45, 2.75) is 32.9 Å². The predicted molar refractivity (Wildman–Crippen MR) is 121 cm³/mol. The topological polar surface area (TPSA) is 78.3 Å². The number of esters is 1. The van der Waals surface area contributed by atoms with Crippen LogP contribution in [-0.4, -0.2) is 27.3 Å². The maximum Gasteiger partial charge on any atom is 0.338 e. The summed E-state index contributed by atoms with van der Waals surface area (Å²) < 4.78 is 14.1. The lowest BCUT2D eigenvalue weighted by Gasteiger charge is -2.28. The number of ether oxygens (including phenoxy) is 2. The number of nitrogens with one attached hydrogen (secondary N) is 1. The molecule has 1 aliphatic rings. The lowest BCUT2D eigenvalue weighted by molar-refractivity contribution is -0.139. The van der Waals surface area contributed by atoms with E-state index in [0.717, 1.165) is 27.8 Å². The number of halogens is 1. The summed E-state index contributed by atoms with van der Waals surface area (Å²) in [6.45, 7) is 4.66. The molecule has 0 radical (unpaired) electrons. The average Bonchev–Trinajstić information content (AvgIpc) is 3.24. The number of carbonyl (C=O) groups is 1. The highest BCUT2D eigenvalue weighted by Gasteiger charge is 2.34. The Morgan fingerprint density at radius 3 is 2.61 bits per heavy atom. The van der Waals surface area contributed by atoms with E-state index < -0.39 is 6.04 Å². The molecule has 2 aromatic carbocycles. The minimum absolute atomic E-state index is 0.353. The molecule has 1 aliphatic heterocycles. The quantitative estimate of drug-likeness (QED) is 0.484. The Morgan fingerprint density at radius 2 is 1.90 bits per heavy atom. The summed E-state index contributed by atoms with van der Waals surface area (Å²) in [5, 5.41) is 7.47. The summed E-state index contributed by atoms with van der Waals surface area (Å²) in [4.78, 5) is 17.1. The molecule has 31 heavy (non-hydrogen) atoms. The summed E-state index contributed by atoms with van der Waals surface area (Å²) >= 11 is 3.44. The molecule has 1 aromatic heterocycles. The molecule has 0 saturated carbocycles. The molecule has 4 rings (SSSR count).